The van der Waals surface area contributed by atoms with Gasteiger partial charge in [0.05, 0.1) is 18.0 Å². The number of carbonyl (C=O) groups is 1. The lowest BCUT2D eigenvalue weighted by Gasteiger charge is -2.36. The molecule has 3 aliphatic rings. The zero-order valence-corrected chi connectivity index (χ0v) is 11.2. The highest BCUT2D eigenvalue weighted by atomic mass is 16.5. The number of nitrogens with one attached hydrogen (secondary N) is 1. The van der Waals surface area contributed by atoms with E-state index in [0.717, 1.165) is 29.8 Å². The molecule has 2 heterocycles. The lowest BCUT2D eigenvalue weighted by Crippen LogP contribution is -2.27. The molecule has 3 aliphatic carbocycles. The molecule has 2 bridgehead atoms. The average Bonchev–Trinajstić information content (AvgIpc) is 2.94. The lowest BCUT2D eigenvalue weighted by molar-refractivity contribution is 0.0518. The SMILES string of the molecule is CCOC(=O)c1[nH]cc2c1[C@@H]1CC[C@H]2c2nccnc21. The molecule has 0 saturated carbocycles. The van der Waals surface area contributed by atoms with E-state index in [4.69, 9.17) is 4.74 Å². The van der Waals surface area contributed by atoms with E-state index in [1.807, 2.05) is 13.1 Å². The number of fused-ring (bicyclic) bond motifs is 1. The van der Waals surface area contributed by atoms with Crippen molar-refractivity contribution in [3.8, 4) is 0 Å². The molecule has 0 spiro atoms. The van der Waals surface area contributed by atoms with Crippen LogP contribution < -0.4 is 0 Å². The summed E-state index contributed by atoms with van der Waals surface area (Å²) >= 11 is 0. The summed E-state index contributed by atoms with van der Waals surface area (Å²) in [6.45, 7) is 2.21. The van der Waals surface area contributed by atoms with Gasteiger partial charge in [-0.3, -0.25) is 9.97 Å². The first kappa shape index (κ1) is 11.6. The van der Waals surface area contributed by atoms with Crippen LogP contribution in [-0.2, 0) is 4.74 Å². The summed E-state index contributed by atoms with van der Waals surface area (Å²) < 4.78 is 5.14. The van der Waals surface area contributed by atoms with E-state index in [1.165, 1.54) is 5.56 Å². The fourth-order valence-electron chi connectivity index (χ4n) is 3.57. The second-order valence-electron chi connectivity index (χ2n) is 5.26. The van der Waals surface area contributed by atoms with Gasteiger partial charge in [0.25, 0.3) is 0 Å². The first-order valence-electron chi connectivity index (χ1n) is 7.00. The van der Waals surface area contributed by atoms with Crippen molar-refractivity contribution >= 4 is 5.97 Å². The molecule has 5 nitrogen and oxygen atoms in total. The largest absolute Gasteiger partial charge is 0.461 e. The Morgan fingerprint density at radius 1 is 1.30 bits per heavy atom. The number of rotatable bonds is 2. The first-order valence-corrected chi connectivity index (χ1v) is 7.00. The average molecular weight is 269 g/mol. The van der Waals surface area contributed by atoms with Gasteiger partial charge < -0.3 is 9.72 Å². The molecule has 5 rings (SSSR count). The van der Waals surface area contributed by atoms with Crippen molar-refractivity contribution in [2.75, 3.05) is 6.61 Å². The van der Waals surface area contributed by atoms with Gasteiger partial charge in [0.15, 0.2) is 0 Å². The second kappa shape index (κ2) is 4.16. The third kappa shape index (κ3) is 1.40. The zero-order chi connectivity index (χ0) is 13.7. The van der Waals surface area contributed by atoms with Crippen LogP contribution in [0.1, 0.15) is 64.6 Å². The van der Waals surface area contributed by atoms with E-state index in [1.54, 1.807) is 12.4 Å². The van der Waals surface area contributed by atoms with Crippen LogP contribution in [0.3, 0.4) is 0 Å². The van der Waals surface area contributed by atoms with Gasteiger partial charge in [-0.15, -0.1) is 0 Å². The van der Waals surface area contributed by atoms with E-state index in [0.29, 0.717) is 12.3 Å². The Morgan fingerprint density at radius 3 is 2.75 bits per heavy atom. The second-order valence-corrected chi connectivity index (χ2v) is 5.26. The molecule has 20 heavy (non-hydrogen) atoms. The summed E-state index contributed by atoms with van der Waals surface area (Å²) in [5, 5.41) is 0. The lowest BCUT2D eigenvalue weighted by atomic mass is 9.68. The van der Waals surface area contributed by atoms with Crippen LogP contribution in [0.25, 0.3) is 0 Å². The smallest absolute Gasteiger partial charge is 0.355 e. The molecule has 0 unspecified atom stereocenters. The topological polar surface area (TPSA) is 67.9 Å². The van der Waals surface area contributed by atoms with Gasteiger partial charge in [-0.05, 0) is 30.9 Å². The van der Waals surface area contributed by atoms with Gasteiger partial charge in [-0.2, -0.15) is 0 Å². The molecule has 0 aromatic carbocycles. The highest BCUT2D eigenvalue weighted by molar-refractivity contribution is 5.90. The highest BCUT2D eigenvalue weighted by Gasteiger charge is 2.42. The summed E-state index contributed by atoms with van der Waals surface area (Å²) in [4.78, 5) is 24.2. The number of esters is 1. The minimum atomic E-state index is -0.272. The molecule has 0 aliphatic heterocycles. The quantitative estimate of drug-likeness (QED) is 0.850. The normalized spacial score (nSPS) is 22.2. The Kier molecular flexibility index (Phi) is 2.42. The molecule has 0 fully saturated rings. The van der Waals surface area contributed by atoms with Crippen LogP contribution in [0.5, 0.6) is 0 Å². The Labute approximate surface area is 116 Å². The summed E-state index contributed by atoms with van der Waals surface area (Å²) in [5.41, 5.74) is 4.96. The van der Waals surface area contributed by atoms with Crippen molar-refractivity contribution in [3.05, 3.63) is 46.8 Å². The molecule has 0 amide bonds. The van der Waals surface area contributed by atoms with Gasteiger partial charge >= 0.3 is 5.97 Å². The predicted molar refractivity (Wildman–Crippen MR) is 71.7 cm³/mol. The minimum Gasteiger partial charge on any atom is -0.461 e. The van der Waals surface area contributed by atoms with Crippen molar-refractivity contribution in [2.45, 2.75) is 31.6 Å². The standard InChI is InChI=1S/C15H15N3O2/c1-2-20-15(19)14-11-9-4-3-8(10(11)7-18-14)12-13(9)17-6-5-16-12/h5-9,18H,2-4H2,1H3/t8-,9+/m1/s1. The Hall–Kier alpha value is -2.17. The zero-order valence-electron chi connectivity index (χ0n) is 11.2. The Morgan fingerprint density at radius 2 is 2.00 bits per heavy atom. The van der Waals surface area contributed by atoms with Crippen LogP contribution in [0.2, 0.25) is 0 Å². The van der Waals surface area contributed by atoms with Gasteiger partial charge in [0.1, 0.15) is 5.69 Å². The van der Waals surface area contributed by atoms with Crippen LogP contribution in [-0.4, -0.2) is 27.5 Å². The number of ether oxygens (including phenoxy) is 1. The molecule has 5 heteroatoms. The van der Waals surface area contributed by atoms with E-state index >= 15 is 0 Å². The molecule has 0 radical (unpaired) electrons. The molecule has 2 atom stereocenters. The third-order valence-electron chi connectivity index (χ3n) is 4.32. The minimum absolute atomic E-state index is 0.171. The number of aromatic nitrogens is 3. The van der Waals surface area contributed by atoms with Crippen molar-refractivity contribution in [3.63, 3.8) is 0 Å². The summed E-state index contributed by atoms with van der Waals surface area (Å²) in [6, 6.07) is 0. The Balaban J connectivity index is 1.87. The number of nitrogens with zero attached hydrogens (tertiary/aromatic N) is 2. The fraction of sp³-hybridized carbons (Fsp3) is 0.400. The van der Waals surface area contributed by atoms with E-state index < -0.39 is 0 Å². The number of hydrogen-bond acceptors (Lipinski definition) is 4. The molecular weight excluding hydrogens is 254 g/mol. The number of H-pyrrole nitrogens is 1. The number of aromatic amines is 1. The number of carbonyl (C=O) groups excluding carboxylic acids is 1. The molecule has 2 aromatic rings. The van der Waals surface area contributed by atoms with Crippen molar-refractivity contribution in [1.82, 2.24) is 15.0 Å². The van der Waals surface area contributed by atoms with E-state index in [9.17, 15) is 4.79 Å². The first-order chi connectivity index (χ1) is 9.81. The maximum atomic E-state index is 12.1. The molecule has 1 N–H and O–H groups in total. The van der Waals surface area contributed by atoms with Crippen molar-refractivity contribution in [2.24, 2.45) is 0 Å². The summed E-state index contributed by atoms with van der Waals surface area (Å²) in [7, 11) is 0. The van der Waals surface area contributed by atoms with Crippen LogP contribution in [0.4, 0.5) is 0 Å². The third-order valence-corrected chi connectivity index (χ3v) is 4.32. The predicted octanol–water partition coefficient (Wildman–Crippen LogP) is 2.35. The Bertz CT molecular complexity index is 692. The maximum absolute atomic E-state index is 12.1. The summed E-state index contributed by atoms with van der Waals surface area (Å²) in [5.74, 6) is 0.161. The van der Waals surface area contributed by atoms with E-state index in [-0.39, 0.29) is 17.8 Å². The highest BCUT2D eigenvalue weighted by Crippen LogP contribution is 2.52. The monoisotopic (exact) mass is 269 g/mol. The van der Waals surface area contributed by atoms with Gasteiger partial charge in [-0.1, -0.05) is 0 Å². The van der Waals surface area contributed by atoms with Gasteiger partial charge in [0.2, 0.25) is 0 Å². The van der Waals surface area contributed by atoms with E-state index in [2.05, 4.69) is 15.0 Å². The van der Waals surface area contributed by atoms with Crippen LogP contribution >= 0.6 is 0 Å². The van der Waals surface area contributed by atoms with Gasteiger partial charge in [-0.25, -0.2) is 4.79 Å². The van der Waals surface area contributed by atoms with Gasteiger partial charge in [0, 0.05) is 30.4 Å². The molecule has 2 aromatic heterocycles. The number of hydrogen-bond donors (Lipinski definition) is 1. The molecular formula is C15H15N3O2. The summed E-state index contributed by atoms with van der Waals surface area (Å²) in [6.07, 6.45) is 7.52. The van der Waals surface area contributed by atoms with Crippen LogP contribution in [0, 0.1) is 0 Å². The molecule has 0 saturated heterocycles. The maximum Gasteiger partial charge on any atom is 0.355 e. The fourth-order valence-corrected chi connectivity index (χ4v) is 3.57. The van der Waals surface area contributed by atoms with Crippen molar-refractivity contribution in [1.29, 1.82) is 0 Å². The molecule has 102 valence electrons. The van der Waals surface area contributed by atoms with Crippen LogP contribution in [0.15, 0.2) is 18.6 Å². The van der Waals surface area contributed by atoms with Crippen molar-refractivity contribution < 1.29 is 9.53 Å².